The Morgan fingerprint density at radius 2 is 1.26 bits per heavy atom. The molecule has 0 amide bonds. The Kier molecular flexibility index (Phi) is 6.59. The molecule has 3 aromatic carbocycles. The Balaban J connectivity index is 1.85. The van der Waals surface area contributed by atoms with Gasteiger partial charge in [0.15, 0.2) is 0 Å². The Hall–Kier alpha value is -2.82. The van der Waals surface area contributed by atoms with Crippen molar-refractivity contribution in [1.29, 1.82) is 0 Å². The largest absolute Gasteiger partial charge is 0.497 e. The fraction of sp³-hybridized carbons (Fsp3) is 0.333. The molecule has 31 heavy (non-hydrogen) atoms. The molecule has 3 aromatic rings. The van der Waals surface area contributed by atoms with Crippen LogP contribution in [0.2, 0.25) is 0 Å². The molecule has 0 aliphatic heterocycles. The number of methoxy groups -OCH3 is 2. The van der Waals surface area contributed by atoms with Crippen molar-refractivity contribution >= 4 is 0 Å². The van der Waals surface area contributed by atoms with Crippen molar-refractivity contribution in [2.45, 2.75) is 31.0 Å². The lowest BCUT2D eigenvalue weighted by Gasteiger charge is -2.37. The van der Waals surface area contributed by atoms with Crippen molar-refractivity contribution in [3.05, 3.63) is 95.6 Å². The summed E-state index contributed by atoms with van der Waals surface area (Å²) < 4.78 is 17.6. The second-order valence-electron chi connectivity index (χ2n) is 8.07. The van der Waals surface area contributed by atoms with Crippen LogP contribution < -0.4 is 9.47 Å². The Morgan fingerprint density at radius 3 is 1.71 bits per heavy atom. The number of aliphatic hydroxyl groups is 1. The smallest absolute Gasteiger partial charge is 0.143 e. The summed E-state index contributed by atoms with van der Waals surface area (Å²) in [6.07, 6.45) is 2.56. The first kappa shape index (κ1) is 21.4. The van der Waals surface area contributed by atoms with Gasteiger partial charge < -0.3 is 19.3 Å². The average molecular weight is 419 g/mol. The van der Waals surface area contributed by atoms with Gasteiger partial charge in [0.25, 0.3) is 0 Å². The highest BCUT2D eigenvalue weighted by Crippen LogP contribution is 2.42. The van der Waals surface area contributed by atoms with Gasteiger partial charge in [-0.1, -0.05) is 61.0 Å². The molecule has 1 N–H and O–H groups in total. The molecule has 1 saturated carbocycles. The summed E-state index contributed by atoms with van der Waals surface area (Å²) in [6, 6.07) is 26.3. The molecule has 1 aliphatic carbocycles. The maximum absolute atomic E-state index is 10.4. The van der Waals surface area contributed by atoms with Crippen molar-refractivity contribution < 1.29 is 19.3 Å². The van der Waals surface area contributed by atoms with E-state index in [-0.39, 0.29) is 12.0 Å². The van der Waals surface area contributed by atoms with Gasteiger partial charge in [-0.25, -0.2) is 0 Å². The van der Waals surface area contributed by atoms with Gasteiger partial charge in [-0.3, -0.25) is 0 Å². The van der Waals surface area contributed by atoms with Crippen LogP contribution in [-0.2, 0) is 10.3 Å². The molecule has 4 rings (SSSR count). The number of benzene rings is 3. The summed E-state index contributed by atoms with van der Waals surface area (Å²) in [5.74, 6) is 1.73. The van der Waals surface area contributed by atoms with E-state index in [1.54, 1.807) is 14.2 Å². The van der Waals surface area contributed by atoms with Crippen LogP contribution in [0.15, 0.2) is 78.9 Å². The van der Waals surface area contributed by atoms with Gasteiger partial charge in [0, 0.05) is 5.92 Å². The number of hydrogen-bond acceptors (Lipinski definition) is 4. The molecule has 2 atom stereocenters. The second kappa shape index (κ2) is 9.54. The van der Waals surface area contributed by atoms with E-state index in [4.69, 9.17) is 14.2 Å². The molecule has 0 bridgehead atoms. The molecule has 0 spiro atoms. The van der Waals surface area contributed by atoms with E-state index in [2.05, 4.69) is 36.4 Å². The quantitative estimate of drug-likeness (QED) is 0.513. The van der Waals surface area contributed by atoms with Crippen LogP contribution in [-0.4, -0.2) is 32.0 Å². The maximum atomic E-state index is 10.4. The SMILES string of the molecule is COc1ccc(C(OC[C@H]2CCC[C@H]2O)(c2ccccc2)c2ccc(OC)cc2)cc1. The number of hydrogen-bond donors (Lipinski definition) is 1. The molecular weight excluding hydrogens is 388 g/mol. The standard InChI is InChI=1S/C27H30O4/c1-29-24-15-11-22(12-16-24)27(21-8-4-3-5-9-21,23-13-17-25(30-2)18-14-23)31-19-20-7-6-10-26(20)28/h3-5,8-9,11-18,20,26,28H,6-7,10,19H2,1-2H3/t20-,26-/m1/s1. The van der Waals surface area contributed by atoms with Crippen LogP contribution in [0, 0.1) is 5.92 Å². The third kappa shape index (κ3) is 4.32. The van der Waals surface area contributed by atoms with Gasteiger partial charge in [-0.05, 0) is 53.8 Å². The van der Waals surface area contributed by atoms with E-state index in [0.717, 1.165) is 47.5 Å². The third-order valence-electron chi connectivity index (χ3n) is 6.31. The zero-order chi connectivity index (χ0) is 21.7. The van der Waals surface area contributed by atoms with E-state index in [1.807, 2.05) is 42.5 Å². The zero-order valence-electron chi connectivity index (χ0n) is 18.2. The van der Waals surface area contributed by atoms with Crippen LogP contribution in [0.4, 0.5) is 0 Å². The highest BCUT2D eigenvalue weighted by atomic mass is 16.5. The Bertz CT molecular complexity index is 903. The van der Waals surface area contributed by atoms with E-state index in [1.165, 1.54) is 0 Å². The van der Waals surface area contributed by atoms with Crippen molar-refractivity contribution in [3.63, 3.8) is 0 Å². The maximum Gasteiger partial charge on any atom is 0.143 e. The monoisotopic (exact) mass is 418 g/mol. The summed E-state index contributed by atoms with van der Waals surface area (Å²) in [7, 11) is 3.34. The molecule has 0 radical (unpaired) electrons. The van der Waals surface area contributed by atoms with Gasteiger partial charge in [0.1, 0.15) is 17.1 Å². The fourth-order valence-electron chi connectivity index (χ4n) is 4.52. The van der Waals surface area contributed by atoms with Gasteiger partial charge in [0.05, 0.1) is 26.9 Å². The molecule has 1 fully saturated rings. The lowest BCUT2D eigenvalue weighted by Crippen LogP contribution is -2.35. The Morgan fingerprint density at radius 1 is 0.742 bits per heavy atom. The van der Waals surface area contributed by atoms with Gasteiger partial charge in [0.2, 0.25) is 0 Å². The normalized spacial score (nSPS) is 18.7. The van der Waals surface area contributed by atoms with Crippen molar-refractivity contribution in [3.8, 4) is 11.5 Å². The Labute approximate surface area is 184 Å². The van der Waals surface area contributed by atoms with Crippen molar-refractivity contribution in [2.24, 2.45) is 5.92 Å². The molecule has 0 unspecified atom stereocenters. The minimum atomic E-state index is -0.817. The third-order valence-corrected chi connectivity index (χ3v) is 6.31. The highest BCUT2D eigenvalue weighted by molar-refractivity contribution is 5.49. The van der Waals surface area contributed by atoms with Crippen LogP contribution in [0.25, 0.3) is 0 Å². The van der Waals surface area contributed by atoms with Gasteiger partial charge in [-0.2, -0.15) is 0 Å². The summed E-state index contributed by atoms with van der Waals surface area (Å²) in [4.78, 5) is 0. The van der Waals surface area contributed by atoms with Crippen LogP contribution in [0.5, 0.6) is 11.5 Å². The van der Waals surface area contributed by atoms with Crippen LogP contribution >= 0.6 is 0 Å². The van der Waals surface area contributed by atoms with E-state index in [0.29, 0.717) is 6.61 Å². The zero-order valence-corrected chi connectivity index (χ0v) is 18.2. The molecule has 0 saturated heterocycles. The second-order valence-corrected chi connectivity index (χ2v) is 8.07. The average Bonchev–Trinajstić information content (AvgIpc) is 3.25. The minimum absolute atomic E-state index is 0.139. The van der Waals surface area contributed by atoms with Crippen LogP contribution in [0.1, 0.15) is 36.0 Å². The molecule has 0 aromatic heterocycles. The highest BCUT2D eigenvalue weighted by Gasteiger charge is 2.39. The van der Waals surface area contributed by atoms with E-state index >= 15 is 0 Å². The summed E-state index contributed by atoms with van der Waals surface area (Å²) in [5, 5.41) is 10.4. The molecule has 1 aliphatic rings. The number of aliphatic hydroxyl groups excluding tert-OH is 1. The number of rotatable bonds is 8. The first-order valence-corrected chi connectivity index (χ1v) is 10.8. The van der Waals surface area contributed by atoms with E-state index < -0.39 is 5.60 Å². The first-order valence-electron chi connectivity index (χ1n) is 10.8. The van der Waals surface area contributed by atoms with Crippen LogP contribution in [0.3, 0.4) is 0 Å². The molecule has 0 heterocycles. The molecule has 4 heteroatoms. The lowest BCUT2D eigenvalue weighted by molar-refractivity contribution is -0.0295. The predicted molar refractivity (Wildman–Crippen MR) is 122 cm³/mol. The predicted octanol–water partition coefficient (Wildman–Crippen LogP) is 5.17. The topological polar surface area (TPSA) is 47.9 Å². The van der Waals surface area contributed by atoms with Gasteiger partial charge in [-0.15, -0.1) is 0 Å². The van der Waals surface area contributed by atoms with Crippen molar-refractivity contribution in [2.75, 3.05) is 20.8 Å². The molecular formula is C27H30O4. The lowest BCUT2D eigenvalue weighted by atomic mass is 9.80. The fourth-order valence-corrected chi connectivity index (χ4v) is 4.52. The summed E-state index contributed by atoms with van der Waals surface area (Å²) in [5.41, 5.74) is 2.24. The molecule has 4 nitrogen and oxygen atoms in total. The van der Waals surface area contributed by atoms with Crippen molar-refractivity contribution in [1.82, 2.24) is 0 Å². The van der Waals surface area contributed by atoms with Gasteiger partial charge >= 0.3 is 0 Å². The summed E-state index contributed by atoms with van der Waals surface area (Å²) >= 11 is 0. The number of ether oxygens (including phenoxy) is 3. The molecule has 162 valence electrons. The minimum Gasteiger partial charge on any atom is -0.497 e. The first-order chi connectivity index (χ1) is 15.2. The summed E-state index contributed by atoms with van der Waals surface area (Å²) in [6.45, 7) is 0.480. The van der Waals surface area contributed by atoms with E-state index in [9.17, 15) is 5.11 Å².